The number of hydrogen-bond donors (Lipinski definition) is 0. The average molecular weight is 543 g/mol. The van der Waals surface area contributed by atoms with Crippen LogP contribution in [0.1, 0.15) is 25.0 Å². The Labute approximate surface area is 244 Å². The molecule has 0 N–H and O–H groups in total. The van der Waals surface area contributed by atoms with Gasteiger partial charge in [0, 0.05) is 27.8 Å². The molecule has 1 aliphatic heterocycles. The van der Waals surface area contributed by atoms with Gasteiger partial charge in [0.2, 0.25) is 0 Å². The van der Waals surface area contributed by atoms with Crippen LogP contribution in [0.25, 0.3) is 56.4 Å². The molecule has 5 nitrogen and oxygen atoms in total. The number of benzene rings is 5. The van der Waals surface area contributed by atoms with Gasteiger partial charge >= 0.3 is 0 Å². The van der Waals surface area contributed by atoms with Crippen molar-refractivity contribution in [2.45, 2.75) is 19.4 Å². The van der Waals surface area contributed by atoms with Gasteiger partial charge in [-0.3, -0.25) is 0 Å². The third kappa shape index (κ3) is 4.59. The first-order valence-electron chi connectivity index (χ1n) is 13.8. The van der Waals surface area contributed by atoms with Gasteiger partial charge in [0.1, 0.15) is 11.4 Å². The van der Waals surface area contributed by atoms with Crippen LogP contribution in [0, 0.1) is 11.3 Å². The lowest BCUT2D eigenvalue weighted by Crippen LogP contribution is -2.29. The maximum absolute atomic E-state index is 9.28. The summed E-state index contributed by atoms with van der Waals surface area (Å²) in [5, 5.41) is 9.28. The molecule has 1 aromatic heterocycles. The van der Waals surface area contributed by atoms with Crippen LogP contribution >= 0.6 is 0 Å². The minimum absolute atomic E-state index is 0.472. The van der Waals surface area contributed by atoms with Gasteiger partial charge < -0.3 is 4.74 Å². The molecule has 0 saturated heterocycles. The summed E-state index contributed by atoms with van der Waals surface area (Å²) in [6.07, 6.45) is 0. The van der Waals surface area contributed by atoms with Crippen molar-refractivity contribution in [3.63, 3.8) is 0 Å². The molecule has 0 fully saturated rings. The van der Waals surface area contributed by atoms with Gasteiger partial charge in [-0.25, -0.2) is 15.0 Å². The Morgan fingerprint density at radius 3 is 1.74 bits per heavy atom. The minimum atomic E-state index is -0.472. The monoisotopic (exact) mass is 542 g/mol. The summed E-state index contributed by atoms with van der Waals surface area (Å²) in [6.45, 7) is 4.18. The Kier molecular flexibility index (Phi) is 6.10. The summed E-state index contributed by atoms with van der Waals surface area (Å²) >= 11 is 0. The SMILES string of the molecule is CC1(C)Oc2cc(-c3nc(-c4ccc(C#N)cc4)nc(-c4ccc(-c5ccccc5)cc4)n3)ccc2-c2ccccc21. The van der Waals surface area contributed by atoms with Crippen molar-refractivity contribution in [3.8, 4) is 68.2 Å². The van der Waals surface area contributed by atoms with Crippen LogP contribution in [-0.2, 0) is 5.60 Å². The van der Waals surface area contributed by atoms with Crippen molar-refractivity contribution in [2.75, 3.05) is 0 Å². The minimum Gasteiger partial charge on any atom is -0.482 e. The van der Waals surface area contributed by atoms with Gasteiger partial charge in [-0.15, -0.1) is 0 Å². The molecule has 6 aromatic rings. The lowest BCUT2D eigenvalue weighted by molar-refractivity contribution is 0.106. The van der Waals surface area contributed by atoms with E-state index in [4.69, 9.17) is 19.7 Å². The summed E-state index contributed by atoms with van der Waals surface area (Å²) in [5.41, 5.74) is 8.29. The zero-order valence-corrected chi connectivity index (χ0v) is 23.2. The number of fused-ring (bicyclic) bond motifs is 3. The van der Waals surface area contributed by atoms with Gasteiger partial charge in [-0.2, -0.15) is 5.26 Å². The Morgan fingerprint density at radius 2 is 1.07 bits per heavy atom. The molecule has 7 rings (SSSR count). The van der Waals surface area contributed by atoms with E-state index < -0.39 is 5.60 Å². The number of ether oxygens (including phenoxy) is 1. The molecule has 0 aliphatic carbocycles. The van der Waals surface area contributed by atoms with E-state index in [9.17, 15) is 5.26 Å². The quantitative estimate of drug-likeness (QED) is 0.223. The van der Waals surface area contributed by atoms with Crippen LogP contribution < -0.4 is 4.74 Å². The highest BCUT2D eigenvalue weighted by molar-refractivity contribution is 5.80. The Bertz CT molecular complexity index is 1970. The van der Waals surface area contributed by atoms with Crippen molar-refractivity contribution >= 4 is 0 Å². The number of nitriles is 1. The molecule has 42 heavy (non-hydrogen) atoms. The molecule has 1 aliphatic rings. The first kappa shape index (κ1) is 25.4. The lowest BCUT2D eigenvalue weighted by Gasteiger charge is -2.35. The normalized spacial score (nSPS) is 12.9. The maximum Gasteiger partial charge on any atom is 0.164 e. The third-order valence-electron chi connectivity index (χ3n) is 7.63. The fraction of sp³-hybridized carbons (Fsp3) is 0.0811. The zero-order valence-electron chi connectivity index (χ0n) is 23.2. The van der Waals surface area contributed by atoms with E-state index >= 15 is 0 Å². The van der Waals surface area contributed by atoms with Crippen LogP contribution in [0.15, 0.2) is 121 Å². The topological polar surface area (TPSA) is 71.7 Å². The second-order valence-electron chi connectivity index (χ2n) is 10.8. The van der Waals surface area contributed by atoms with Crippen molar-refractivity contribution in [2.24, 2.45) is 0 Å². The average Bonchev–Trinajstić information content (AvgIpc) is 3.05. The highest BCUT2D eigenvalue weighted by Gasteiger charge is 2.32. The van der Waals surface area contributed by atoms with Gasteiger partial charge in [-0.1, -0.05) is 84.9 Å². The van der Waals surface area contributed by atoms with Gasteiger partial charge in [0.05, 0.1) is 11.6 Å². The van der Waals surface area contributed by atoms with Crippen molar-refractivity contribution < 1.29 is 4.74 Å². The van der Waals surface area contributed by atoms with Crippen LogP contribution in [0.3, 0.4) is 0 Å². The maximum atomic E-state index is 9.28. The number of hydrogen-bond acceptors (Lipinski definition) is 5. The molecular formula is C37H26N4O. The van der Waals surface area contributed by atoms with Crippen molar-refractivity contribution in [1.29, 1.82) is 5.26 Å². The molecule has 5 aromatic carbocycles. The van der Waals surface area contributed by atoms with E-state index in [-0.39, 0.29) is 0 Å². The van der Waals surface area contributed by atoms with E-state index in [0.29, 0.717) is 23.0 Å². The number of rotatable bonds is 4. The first-order chi connectivity index (χ1) is 20.5. The van der Waals surface area contributed by atoms with Crippen molar-refractivity contribution in [3.05, 3.63) is 132 Å². The molecule has 0 amide bonds. The van der Waals surface area contributed by atoms with Crippen LogP contribution in [0.5, 0.6) is 5.75 Å². The summed E-state index contributed by atoms with van der Waals surface area (Å²) in [5.74, 6) is 2.46. The van der Waals surface area contributed by atoms with Gasteiger partial charge in [-0.05, 0) is 66.9 Å². The molecule has 200 valence electrons. The molecule has 0 saturated carbocycles. The summed E-state index contributed by atoms with van der Waals surface area (Å²) in [7, 11) is 0. The zero-order chi connectivity index (χ0) is 28.7. The summed E-state index contributed by atoms with van der Waals surface area (Å²) in [6, 6.07) is 42.5. The first-order valence-corrected chi connectivity index (χ1v) is 13.8. The smallest absolute Gasteiger partial charge is 0.164 e. The molecule has 0 bridgehead atoms. The van der Waals surface area contributed by atoms with E-state index in [0.717, 1.165) is 44.7 Å². The van der Waals surface area contributed by atoms with Crippen LogP contribution in [0.2, 0.25) is 0 Å². The van der Waals surface area contributed by atoms with E-state index in [1.807, 2.05) is 60.7 Å². The summed E-state index contributed by atoms with van der Waals surface area (Å²) < 4.78 is 6.52. The predicted octanol–water partition coefficient (Wildman–Crippen LogP) is 8.71. The highest BCUT2D eigenvalue weighted by atomic mass is 16.5. The van der Waals surface area contributed by atoms with E-state index in [1.54, 1.807) is 12.1 Å². The van der Waals surface area contributed by atoms with Crippen LogP contribution in [0.4, 0.5) is 0 Å². The summed E-state index contributed by atoms with van der Waals surface area (Å²) in [4.78, 5) is 14.7. The third-order valence-corrected chi connectivity index (χ3v) is 7.63. The fourth-order valence-electron chi connectivity index (χ4n) is 5.44. The van der Waals surface area contributed by atoms with Gasteiger partial charge in [0.15, 0.2) is 17.5 Å². The standard InChI is InChI=1S/C37H26N4O/c1-37(2)32-11-7-6-10-30(32)31-21-20-29(22-33(31)42-37)36-40-34(27-14-12-24(23-38)13-15-27)39-35(41-36)28-18-16-26(17-19-28)25-8-4-3-5-9-25/h3-22H,1-2H3. The molecule has 0 radical (unpaired) electrons. The molecule has 2 heterocycles. The number of nitrogens with zero attached hydrogens (tertiary/aromatic N) is 4. The van der Waals surface area contributed by atoms with Gasteiger partial charge in [0.25, 0.3) is 0 Å². The van der Waals surface area contributed by atoms with Crippen LogP contribution in [-0.4, -0.2) is 15.0 Å². The molecule has 0 spiro atoms. The molecular weight excluding hydrogens is 516 g/mol. The van der Waals surface area contributed by atoms with Crippen molar-refractivity contribution in [1.82, 2.24) is 15.0 Å². The fourth-order valence-corrected chi connectivity index (χ4v) is 5.44. The van der Waals surface area contributed by atoms with E-state index in [1.165, 1.54) is 5.56 Å². The lowest BCUT2D eigenvalue weighted by atomic mass is 9.86. The molecule has 0 unspecified atom stereocenters. The second-order valence-corrected chi connectivity index (χ2v) is 10.8. The predicted molar refractivity (Wildman–Crippen MR) is 165 cm³/mol. The highest BCUT2D eigenvalue weighted by Crippen LogP contribution is 2.46. The molecule has 0 atom stereocenters. The Balaban J connectivity index is 1.35. The van der Waals surface area contributed by atoms with E-state index in [2.05, 4.69) is 68.4 Å². The molecule has 5 heteroatoms. The Morgan fingerprint density at radius 1 is 0.548 bits per heavy atom. The Hall–Kier alpha value is -5.60. The second kappa shape index (κ2) is 10.1. The largest absolute Gasteiger partial charge is 0.482 e. The number of aromatic nitrogens is 3.